The van der Waals surface area contributed by atoms with Crippen LogP contribution in [0.3, 0.4) is 0 Å². The third kappa shape index (κ3) is 5.60. The van der Waals surface area contributed by atoms with Crippen LogP contribution >= 0.6 is 11.8 Å². The smallest absolute Gasteiger partial charge is 0.373 e. The first-order chi connectivity index (χ1) is 17.4. The standard InChI is InChI=1S/C26H22FNO7S/c1-3-33-22-12-16(8-10-20(22)34-15-17-6-4-5-7-19(17)27)13-23-24(29)28(26(31)36-23)14-18-9-11-21(35-18)25(30)32-2/h4-13H,3,14-15H2,1-2H3/b23-13+. The zero-order valence-corrected chi connectivity index (χ0v) is 20.3. The van der Waals surface area contributed by atoms with Crippen molar-refractivity contribution in [3.05, 3.63) is 88.0 Å². The number of halogens is 1. The Morgan fingerprint density at radius 2 is 1.89 bits per heavy atom. The molecule has 8 nitrogen and oxygen atoms in total. The molecule has 0 spiro atoms. The van der Waals surface area contributed by atoms with Crippen molar-refractivity contribution in [1.29, 1.82) is 0 Å². The highest BCUT2D eigenvalue weighted by Gasteiger charge is 2.35. The molecule has 10 heteroatoms. The van der Waals surface area contributed by atoms with Crippen molar-refractivity contribution >= 4 is 35.0 Å². The van der Waals surface area contributed by atoms with Gasteiger partial charge >= 0.3 is 5.97 Å². The average molecular weight is 512 g/mol. The number of nitrogens with zero attached hydrogens (tertiary/aromatic N) is 1. The minimum absolute atomic E-state index is 0.0178. The predicted octanol–water partition coefficient (Wildman–Crippen LogP) is 5.42. The van der Waals surface area contributed by atoms with E-state index in [9.17, 15) is 18.8 Å². The highest BCUT2D eigenvalue weighted by Crippen LogP contribution is 2.36. The highest BCUT2D eigenvalue weighted by molar-refractivity contribution is 8.18. The minimum atomic E-state index is -0.651. The van der Waals surface area contributed by atoms with Gasteiger partial charge in [-0.15, -0.1) is 0 Å². The van der Waals surface area contributed by atoms with Crippen LogP contribution in [0.4, 0.5) is 9.18 Å². The number of rotatable bonds is 9. The van der Waals surface area contributed by atoms with Gasteiger partial charge in [0, 0.05) is 5.56 Å². The van der Waals surface area contributed by atoms with E-state index in [0.717, 1.165) is 16.7 Å². The van der Waals surface area contributed by atoms with E-state index in [-0.39, 0.29) is 35.4 Å². The van der Waals surface area contributed by atoms with Crippen LogP contribution in [0.5, 0.6) is 11.5 Å². The Labute approximate surface area is 210 Å². The van der Waals surface area contributed by atoms with Crippen LogP contribution < -0.4 is 9.47 Å². The molecule has 0 atom stereocenters. The molecule has 2 aromatic carbocycles. The molecule has 0 saturated carbocycles. The molecule has 1 aliphatic rings. The molecule has 186 valence electrons. The Morgan fingerprint density at radius 3 is 2.64 bits per heavy atom. The number of thioether (sulfide) groups is 1. The molecule has 1 saturated heterocycles. The fraction of sp³-hybridized carbons (Fsp3) is 0.192. The first kappa shape index (κ1) is 25.1. The van der Waals surface area contributed by atoms with Gasteiger partial charge in [-0.25, -0.2) is 9.18 Å². The molecule has 2 heterocycles. The molecule has 36 heavy (non-hydrogen) atoms. The molecule has 0 bridgehead atoms. The summed E-state index contributed by atoms with van der Waals surface area (Å²) in [5.74, 6) is -0.401. The fourth-order valence-electron chi connectivity index (χ4n) is 3.39. The van der Waals surface area contributed by atoms with Crippen LogP contribution in [0.1, 0.15) is 34.4 Å². The summed E-state index contributed by atoms with van der Waals surface area (Å²) in [5.41, 5.74) is 1.03. The van der Waals surface area contributed by atoms with Gasteiger partial charge in [-0.2, -0.15) is 0 Å². The van der Waals surface area contributed by atoms with E-state index in [1.807, 2.05) is 6.92 Å². The van der Waals surface area contributed by atoms with Gasteiger partial charge in [-0.3, -0.25) is 14.5 Å². The van der Waals surface area contributed by atoms with Gasteiger partial charge in [0.2, 0.25) is 5.76 Å². The van der Waals surface area contributed by atoms with Gasteiger partial charge in [0.1, 0.15) is 18.2 Å². The number of carbonyl (C=O) groups excluding carboxylic acids is 3. The van der Waals surface area contributed by atoms with E-state index in [1.165, 1.54) is 25.3 Å². The van der Waals surface area contributed by atoms with Crippen LogP contribution in [0.2, 0.25) is 0 Å². The second kappa shape index (κ2) is 11.1. The van der Waals surface area contributed by atoms with E-state index in [4.69, 9.17) is 13.9 Å². The maximum absolute atomic E-state index is 13.9. The molecule has 1 fully saturated rings. The number of methoxy groups -OCH3 is 1. The van der Waals surface area contributed by atoms with Crippen LogP contribution in [-0.4, -0.2) is 35.7 Å². The Balaban J connectivity index is 1.49. The number of amides is 2. The summed E-state index contributed by atoms with van der Waals surface area (Å²) in [7, 11) is 1.23. The lowest BCUT2D eigenvalue weighted by molar-refractivity contribution is -0.123. The van der Waals surface area contributed by atoms with E-state index < -0.39 is 17.1 Å². The summed E-state index contributed by atoms with van der Waals surface area (Å²) in [6.45, 7) is 2.09. The number of ether oxygens (including phenoxy) is 3. The van der Waals surface area contributed by atoms with Gasteiger partial charge in [-0.05, 0) is 60.7 Å². The molecular formula is C26H22FNO7S. The summed E-state index contributed by atoms with van der Waals surface area (Å²) in [4.78, 5) is 38.2. The van der Waals surface area contributed by atoms with Gasteiger partial charge < -0.3 is 18.6 Å². The highest BCUT2D eigenvalue weighted by atomic mass is 32.2. The molecule has 3 aromatic rings. The largest absolute Gasteiger partial charge is 0.490 e. The molecule has 0 N–H and O–H groups in total. The van der Waals surface area contributed by atoms with Crippen molar-refractivity contribution in [2.24, 2.45) is 0 Å². The minimum Gasteiger partial charge on any atom is -0.490 e. The second-order valence-corrected chi connectivity index (χ2v) is 8.54. The maximum Gasteiger partial charge on any atom is 0.373 e. The normalized spacial score (nSPS) is 14.4. The monoisotopic (exact) mass is 511 g/mol. The van der Waals surface area contributed by atoms with E-state index in [1.54, 1.807) is 42.5 Å². The molecule has 1 aromatic heterocycles. The Morgan fingerprint density at radius 1 is 1.08 bits per heavy atom. The van der Waals surface area contributed by atoms with Gasteiger partial charge in [-0.1, -0.05) is 24.3 Å². The van der Waals surface area contributed by atoms with Crippen molar-refractivity contribution in [2.45, 2.75) is 20.1 Å². The Hall–Kier alpha value is -4.05. The van der Waals surface area contributed by atoms with Crippen molar-refractivity contribution in [1.82, 2.24) is 4.90 Å². The van der Waals surface area contributed by atoms with E-state index in [0.29, 0.717) is 29.2 Å². The SMILES string of the molecule is CCOc1cc(/C=C2/SC(=O)N(Cc3ccc(C(=O)OC)o3)C2=O)ccc1OCc1ccccc1F. The predicted molar refractivity (Wildman–Crippen MR) is 130 cm³/mol. The van der Waals surface area contributed by atoms with Gasteiger partial charge in [0.15, 0.2) is 11.5 Å². The van der Waals surface area contributed by atoms with Crippen molar-refractivity contribution in [2.75, 3.05) is 13.7 Å². The topological polar surface area (TPSA) is 95.3 Å². The van der Waals surface area contributed by atoms with Crippen molar-refractivity contribution in [3.8, 4) is 11.5 Å². The van der Waals surface area contributed by atoms with Crippen LogP contribution in [-0.2, 0) is 22.7 Å². The first-order valence-electron chi connectivity index (χ1n) is 10.9. The number of benzene rings is 2. The Bertz CT molecular complexity index is 1330. The van der Waals surface area contributed by atoms with Gasteiger partial charge in [0.05, 0.1) is 25.2 Å². The number of carbonyl (C=O) groups is 3. The maximum atomic E-state index is 13.9. The lowest BCUT2D eigenvalue weighted by Crippen LogP contribution is -2.27. The van der Waals surface area contributed by atoms with Crippen molar-refractivity contribution in [3.63, 3.8) is 0 Å². The van der Waals surface area contributed by atoms with E-state index in [2.05, 4.69) is 4.74 Å². The number of hydrogen-bond acceptors (Lipinski definition) is 8. The van der Waals surface area contributed by atoms with Crippen molar-refractivity contribution < 1.29 is 37.4 Å². The molecule has 0 unspecified atom stereocenters. The zero-order valence-electron chi connectivity index (χ0n) is 19.5. The summed E-state index contributed by atoms with van der Waals surface area (Å²) in [6.07, 6.45) is 1.58. The third-order valence-corrected chi connectivity index (χ3v) is 6.05. The molecule has 2 amide bonds. The molecular weight excluding hydrogens is 489 g/mol. The first-order valence-corrected chi connectivity index (χ1v) is 11.8. The average Bonchev–Trinajstić information content (AvgIpc) is 3.44. The molecule has 1 aliphatic heterocycles. The summed E-state index contributed by atoms with van der Waals surface area (Å²) >= 11 is 0.798. The second-order valence-electron chi connectivity index (χ2n) is 7.54. The number of imide groups is 1. The van der Waals surface area contributed by atoms with Crippen LogP contribution in [0.25, 0.3) is 6.08 Å². The van der Waals surface area contributed by atoms with Crippen LogP contribution in [0.15, 0.2) is 63.9 Å². The number of esters is 1. The number of furan rings is 1. The zero-order chi connectivity index (χ0) is 25.7. The fourth-order valence-corrected chi connectivity index (χ4v) is 4.23. The lowest BCUT2D eigenvalue weighted by atomic mass is 10.1. The molecule has 0 radical (unpaired) electrons. The lowest BCUT2D eigenvalue weighted by Gasteiger charge is -2.13. The van der Waals surface area contributed by atoms with Gasteiger partial charge in [0.25, 0.3) is 11.1 Å². The Kier molecular flexibility index (Phi) is 7.74. The molecule has 4 rings (SSSR count). The van der Waals surface area contributed by atoms with Crippen LogP contribution in [0, 0.1) is 5.82 Å². The molecule has 0 aliphatic carbocycles. The third-order valence-electron chi connectivity index (χ3n) is 5.14. The quantitative estimate of drug-likeness (QED) is 0.278. The van der Waals surface area contributed by atoms with E-state index >= 15 is 0 Å². The number of hydrogen-bond donors (Lipinski definition) is 0. The summed E-state index contributed by atoms with van der Waals surface area (Å²) in [6, 6.07) is 14.3. The summed E-state index contributed by atoms with van der Waals surface area (Å²) in [5, 5.41) is -0.461. The summed E-state index contributed by atoms with van der Waals surface area (Å²) < 4.78 is 35.3.